The van der Waals surface area contributed by atoms with Crippen molar-refractivity contribution >= 4 is 38.1 Å². The van der Waals surface area contributed by atoms with Crippen molar-refractivity contribution in [1.82, 2.24) is 10.0 Å². The highest BCUT2D eigenvalue weighted by atomic mass is 35.5. The molecule has 26 heavy (non-hydrogen) atoms. The van der Waals surface area contributed by atoms with Crippen LogP contribution in [-0.2, 0) is 20.0 Å². The molecule has 8 nitrogen and oxygen atoms in total. The molecule has 1 aliphatic heterocycles. The van der Waals surface area contributed by atoms with Gasteiger partial charge in [-0.15, -0.1) is 12.4 Å². The maximum atomic E-state index is 12.8. The fourth-order valence-corrected chi connectivity index (χ4v) is 4.88. The quantitative estimate of drug-likeness (QED) is 0.601. The first-order chi connectivity index (χ1) is 11.7. The maximum Gasteiger partial charge on any atom is 0.242 e. The summed E-state index contributed by atoms with van der Waals surface area (Å²) in [4.78, 5) is -0.115. The number of ether oxygens (including phenoxy) is 1. The lowest BCUT2D eigenvalue weighted by Crippen LogP contribution is -2.48. The molecule has 1 heterocycles. The Labute approximate surface area is 161 Å². The molecule has 1 aliphatic rings. The normalized spacial score (nSPS) is 20.9. The van der Waals surface area contributed by atoms with Gasteiger partial charge in [-0.2, -0.15) is 0 Å². The summed E-state index contributed by atoms with van der Waals surface area (Å²) in [5.74, 6) is 0.336. The number of rotatable bonds is 7. The van der Waals surface area contributed by atoms with E-state index in [-0.39, 0.29) is 40.7 Å². The van der Waals surface area contributed by atoms with Crippen LogP contribution in [-0.4, -0.2) is 48.8 Å². The fraction of sp³-hybridized carbons (Fsp3) is 0.600. The summed E-state index contributed by atoms with van der Waals surface area (Å²) in [6, 6.07) is 4.00. The van der Waals surface area contributed by atoms with E-state index in [0.29, 0.717) is 12.2 Å². The largest absolute Gasteiger partial charge is 0.497 e. The SMILES string of the molecule is CCS(=O)(=O)Nc1cc(OC)ccc1S(=O)(=O)NC1CCNCC1C.Cl. The molecule has 0 spiro atoms. The Hall–Kier alpha value is -1.07. The zero-order valence-corrected chi connectivity index (χ0v) is 17.4. The van der Waals surface area contributed by atoms with Crippen LogP contribution in [0.15, 0.2) is 23.1 Å². The van der Waals surface area contributed by atoms with Crippen LogP contribution in [0.5, 0.6) is 5.75 Å². The standard InChI is InChI=1S/C15H25N3O5S2.ClH/c1-4-24(19,20)17-14-9-12(23-3)5-6-15(14)25(21,22)18-13-7-8-16-10-11(13)2;/h5-6,9,11,13,16-18H,4,7-8,10H2,1-3H3;1H. The van der Waals surface area contributed by atoms with E-state index in [9.17, 15) is 16.8 Å². The number of sulfonamides is 2. The van der Waals surface area contributed by atoms with Gasteiger partial charge in [-0.1, -0.05) is 6.92 Å². The predicted molar refractivity (Wildman–Crippen MR) is 104 cm³/mol. The van der Waals surface area contributed by atoms with Crippen molar-refractivity contribution in [3.8, 4) is 5.75 Å². The lowest BCUT2D eigenvalue weighted by atomic mass is 9.97. The number of hydrogen-bond acceptors (Lipinski definition) is 6. The van der Waals surface area contributed by atoms with Gasteiger partial charge in [0.15, 0.2) is 0 Å². The van der Waals surface area contributed by atoms with Crippen LogP contribution in [0, 0.1) is 5.92 Å². The van der Waals surface area contributed by atoms with E-state index in [1.807, 2.05) is 6.92 Å². The minimum atomic E-state index is -3.89. The predicted octanol–water partition coefficient (Wildman–Crippen LogP) is 1.15. The number of benzene rings is 1. The van der Waals surface area contributed by atoms with Gasteiger partial charge in [0.25, 0.3) is 0 Å². The Kier molecular flexibility index (Phi) is 8.15. The molecule has 1 fully saturated rings. The third-order valence-corrected chi connectivity index (χ3v) is 7.05. The second kappa shape index (κ2) is 9.23. The van der Waals surface area contributed by atoms with Crippen LogP contribution in [0.3, 0.4) is 0 Å². The number of hydrogen-bond donors (Lipinski definition) is 3. The van der Waals surface area contributed by atoms with Gasteiger partial charge in [0.1, 0.15) is 10.6 Å². The van der Waals surface area contributed by atoms with Crippen molar-refractivity contribution in [2.24, 2.45) is 5.92 Å². The topological polar surface area (TPSA) is 114 Å². The Balaban J connectivity index is 0.00000338. The first-order valence-electron chi connectivity index (χ1n) is 8.10. The van der Waals surface area contributed by atoms with Crippen LogP contribution in [0.2, 0.25) is 0 Å². The molecule has 2 atom stereocenters. The van der Waals surface area contributed by atoms with Gasteiger partial charge in [-0.25, -0.2) is 21.6 Å². The zero-order chi connectivity index (χ0) is 18.7. The average Bonchev–Trinajstić information content (AvgIpc) is 2.56. The number of halogens is 1. The number of nitrogens with one attached hydrogen (secondary N) is 3. The number of methoxy groups -OCH3 is 1. The molecule has 0 bridgehead atoms. The number of piperidine rings is 1. The van der Waals surface area contributed by atoms with E-state index in [1.165, 1.54) is 32.2 Å². The molecule has 1 aromatic rings. The number of anilines is 1. The minimum absolute atomic E-state index is 0. The summed E-state index contributed by atoms with van der Waals surface area (Å²) in [6.45, 7) is 4.90. The first kappa shape index (κ1) is 23.0. The van der Waals surface area contributed by atoms with Crippen molar-refractivity contribution < 1.29 is 21.6 Å². The third kappa shape index (κ3) is 5.71. The second-order valence-corrected chi connectivity index (χ2v) is 9.76. The Morgan fingerprint density at radius 1 is 1.27 bits per heavy atom. The van der Waals surface area contributed by atoms with Crippen LogP contribution in [0.4, 0.5) is 5.69 Å². The molecule has 11 heteroatoms. The van der Waals surface area contributed by atoms with E-state index in [0.717, 1.165) is 13.1 Å². The van der Waals surface area contributed by atoms with E-state index < -0.39 is 20.0 Å². The van der Waals surface area contributed by atoms with E-state index in [4.69, 9.17) is 4.74 Å². The smallest absolute Gasteiger partial charge is 0.242 e. The van der Waals surface area contributed by atoms with Gasteiger partial charge in [0.2, 0.25) is 20.0 Å². The van der Waals surface area contributed by atoms with Crippen molar-refractivity contribution in [3.05, 3.63) is 18.2 Å². The van der Waals surface area contributed by atoms with Gasteiger partial charge in [0.05, 0.1) is 18.6 Å². The summed E-state index contributed by atoms with van der Waals surface area (Å²) in [7, 11) is -6.09. The highest BCUT2D eigenvalue weighted by molar-refractivity contribution is 7.93. The lowest BCUT2D eigenvalue weighted by Gasteiger charge is -2.30. The summed E-state index contributed by atoms with van der Waals surface area (Å²) >= 11 is 0. The van der Waals surface area contributed by atoms with Gasteiger partial charge < -0.3 is 10.1 Å². The Morgan fingerprint density at radius 3 is 2.54 bits per heavy atom. The van der Waals surface area contributed by atoms with Crippen LogP contribution >= 0.6 is 12.4 Å². The molecule has 0 aliphatic carbocycles. The molecule has 2 unspecified atom stereocenters. The Morgan fingerprint density at radius 2 is 1.96 bits per heavy atom. The summed E-state index contributed by atoms with van der Waals surface area (Å²) in [5.41, 5.74) is -0.0183. The molecule has 150 valence electrons. The first-order valence-corrected chi connectivity index (χ1v) is 11.2. The molecular weight excluding hydrogens is 402 g/mol. The Bertz CT molecular complexity index is 815. The maximum absolute atomic E-state index is 12.8. The average molecular weight is 428 g/mol. The molecule has 1 aromatic carbocycles. The molecule has 0 saturated carbocycles. The monoisotopic (exact) mass is 427 g/mol. The molecule has 2 rings (SSSR count). The molecule has 0 aromatic heterocycles. The molecule has 1 saturated heterocycles. The van der Waals surface area contributed by atoms with Gasteiger partial charge in [-0.3, -0.25) is 4.72 Å². The lowest BCUT2D eigenvalue weighted by molar-refractivity contribution is 0.328. The van der Waals surface area contributed by atoms with Crippen LogP contribution in [0.1, 0.15) is 20.3 Å². The van der Waals surface area contributed by atoms with E-state index >= 15 is 0 Å². The van der Waals surface area contributed by atoms with Crippen molar-refractivity contribution in [3.63, 3.8) is 0 Å². The molecule has 3 N–H and O–H groups in total. The molecule has 0 amide bonds. The summed E-state index contributed by atoms with van der Waals surface area (Å²) in [6.07, 6.45) is 0.673. The van der Waals surface area contributed by atoms with E-state index in [2.05, 4.69) is 14.8 Å². The van der Waals surface area contributed by atoms with Crippen LogP contribution < -0.4 is 19.5 Å². The van der Waals surface area contributed by atoms with Crippen molar-refractivity contribution in [2.45, 2.75) is 31.2 Å². The van der Waals surface area contributed by atoms with Crippen molar-refractivity contribution in [2.75, 3.05) is 30.7 Å². The van der Waals surface area contributed by atoms with E-state index in [1.54, 1.807) is 0 Å². The van der Waals surface area contributed by atoms with Gasteiger partial charge >= 0.3 is 0 Å². The molecule has 0 radical (unpaired) electrons. The highest BCUT2D eigenvalue weighted by Gasteiger charge is 2.29. The third-order valence-electron chi connectivity index (χ3n) is 4.21. The zero-order valence-electron chi connectivity index (χ0n) is 15.0. The minimum Gasteiger partial charge on any atom is -0.497 e. The van der Waals surface area contributed by atoms with Gasteiger partial charge in [-0.05, 0) is 44.5 Å². The summed E-state index contributed by atoms with van der Waals surface area (Å²) < 4.78 is 59.6. The van der Waals surface area contributed by atoms with Gasteiger partial charge in [0, 0.05) is 12.1 Å². The fourth-order valence-electron chi connectivity index (χ4n) is 2.64. The second-order valence-electron chi connectivity index (χ2n) is 6.07. The summed E-state index contributed by atoms with van der Waals surface area (Å²) in [5, 5.41) is 3.21. The molecular formula is C15H26ClN3O5S2. The van der Waals surface area contributed by atoms with Crippen molar-refractivity contribution in [1.29, 1.82) is 0 Å². The highest BCUT2D eigenvalue weighted by Crippen LogP contribution is 2.28. The van der Waals surface area contributed by atoms with Crippen LogP contribution in [0.25, 0.3) is 0 Å².